The average Bonchev–Trinajstić information content (AvgIpc) is 2.78. The highest BCUT2D eigenvalue weighted by molar-refractivity contribution is 8.13. The Bertz CT molecular complexity index is 993. The smallest absolute Gasteiger partial charge is 0.263 e. The Morgan fingerprint density at radius 3 is 2.57 bits per heavy atom. The summed E-state index contributed by atoms with van der Waals surface area (Å²) in [5.74, 6) is 1.52. The number of hydrogen-bond acceptors (Lipinski definition) is 6. The Balaban J connectivity index is 1.42. The Morgan fingerprint density at radius 2 is 1.83 bits per heavy atom. The van der Waals surface area contributed by atoms with E-state index in [2.05, 4.69) is 20.5 Å². The molecule has 3 rings (SSSR count). The summed E-state index contributed by atoms with van der Waals surface area (Å²) in [4.78, 5) is 15.9. The minimum absolute atomic E-state index is 0.108. The van der Waals surface area contributed by atoms with E-state index in [0.717, 1.165) is 11.3 Å². The first kappa shape index (κ1) is 21.1. The Kier molecular flexibility index (Phi) is 7.99. The predicted octanol–water partition coefficient (Wildman–Crippen LogP) is 3.68. The van der Waals surface area contributed by atoms with Crippen LogP contribution in [0.2, 0.25) is 0 Å². The minimum Gasteiger partial charge on any atom is -0.484 e. The second-order valence-electron chi connectivity index (χ2n) is 6.08. The first-order valence-electron chi connectivity index (χ1n) is 9.16. The molecule has 0 fully saturated rings. The largest absolute Gasteiger partial charge is 0.484 e. The van der Waals surface area contributed by atoms with Crippen LogP contribution in [-0.4, -0.2) is 28.9 Å². The van der Waals surface area contributed by atoms with Crippen molar-refractivity contribution in [2.24, 2.45) is 15.9 Å². The van der Waals surface area contributed by atoms with E-state index in [1.165, 1.54) is 17.3 Å². The molecule has 0 aliphatic rings. The Morgan fingerprint density at radius 1 is 1.07 bits per heavy atom. The van der Waals surface area contributed by atoms with Crippen molar-refractivity contribution in [3.63, 3.8) is 0 Å². The van der Waals surface area contributed by atoms with E-state index in [9.17, 15) is 4.79 Å². The van der Waals surface area contributed by atoms with Gasteiger partial charge in [-0.05, 0) is 47.5 Å². The maximum atomic E-state index is 11.9. The van der Waals surface area contributed by atoms with Crippen molar-refractivity contribution in [2.45, 2.75) is 5.75 Å². The number of amidine groups is 1. The summed E-state index contributed by atoms with van der Waals surface area (Å²) in [6, 6.07) is 22.5. The highest BCUT2D eigenvalue weighted by Gasteiger charge is 2.04. The van der Waals surface area contributed by atoms with Gasteiger partial charge in [0.15, 0.2) is 11.8 Å². The van der Waals surface area contributed by atoms with Gasteiger partial charge in [0.1, 0.15) is 11.6 Å². The second-order valence-corrected chi connectivity index (χ2v) is 7.07. The Hall–Kier alpha value is -3.65. The molecule has 0 atom stereocenters. The van der Waals surface area contributed by atoms with Crippen LogP contribution >= 0.6 is 11.8 Å². The van der Waals surface area contributed by atoms with Crippen molar-refractivity contribution in [1.29, 1.82) is 0 Å². The molecule has 1 heterocycles. The number of nitrogens with one attached hydrogen (secondary N) is 1. The number of aromatic nitrogens is 1. The van der Waals surface area contributed by atoms with Crippen LogP contribution in [0, 0.1) is 0 Å². The molecule has 0 radical (unpaired) electrons. The van der Waals surface area contributed by atoms with Gasteiger partial charge in [-0.25, -0.2) is 4.98 Å². The van der Waals surface area contributed by atoms with Gasteiger partial charge in [-0.3, -0.25) is 4.79 Å². The maximum Gasteiger partial charge on any atom is 0.263 e. The third kappa shape index (κ3) is 7.40. The molecule has 7 nitrogen and oxygen atoms in total. The summed E-state index contributed by atoms with van der Waals surface area (Å²) in [5, 5.41) is 11.1. The van der Waals surface area contributed by atoms with Crippen LogP contribution in [0.3, 0.4) is 0 Å². The van der Waals surface area contributed by atoms with Crippen LogP contribution in [0.1, 0.15) is 11.1 Å². The predicted molar refractivity (Wildman–Crippen MR) is 122 cm³/mol. The third-order valence-corrected chi connectivity index (χ3v) is 4.63. The highest BCUT2D eigenvalue weighted by atomic mass is 32.2. The van der Waals surface area contributed by atoms with Gasteiger partial charge < -0.3 is 15.8 Å². The van der Waals surface area contributed by atoms with Crippen molar-refractivity contribution in [2.75, 3.05) is 11.9 Å². The first-order valence-corrected chi connectivity index (χ1v) is 10.1. The summed E-state index contributed by atoms with van der Waals surface area (Å²) >= 11 is 1.43. The van der Waals surface area contributed by atoms with Gasteiger partial charge >= 0.3 is 0 Å². The standard InChI is InChI=1S/C22H21N5O2S/c23-22(30-16-18-6-2-1-3-7-18)27-25-14-17-9-11-19(12-10-17)29-15-21(28)26-20-8-4-5-13-24-20/h1-14H,15-16H2,(H2,23,27)(H,24,26,28). The number of nitrogens with zero attached hydrogens (tertiary/aromatic N) is 3. The summed E-state index contributed by atoms with van der Waals surface area (Å²) in [6.07, 6.45) is 3.21. The Labute approximate surface area is 179 Å². The molecule has 30 heavy (non-hydrogen) atoms. The lowest BCUT2D eigenvalue weighted by molar-refractivity contribution is -0.118. The molecular formula is C22H21N5O2S. The lowest BCUT2D eigenvalue weighted by atomic mass is 10.2. The van der Waals surface area contributed by atoms with Gasteiger partial charge in [0.25, 0.3) is 5.91 Å². The maximum absolute atomic E-state index is 11.9. The molecule has 152 valence electrons. The van der Waals surface area contributed by atoms with E-state index in [1.807, 2.05) is 42.5 Å². The molecule has 3 N–H and O–H groups in total. The van der Waals surface area contributed by atoms with Gasteiger partial charge in [0, 0.05) is 11.9 Å². The molecule has 0 aliphatic heterocycles. The van der Waals surface area contributed by atoms with E-state index in [1.54, 1.807) is 42.7 Å². The fourth-order valence-electron chi connectivity index (χ4n) is 2.33. The number of carbonyl (C=O) groups is 1. The first-order chi connectivity index (χ1) is 14.7. The number of carbonyl (C=O) groups excluding carboxylic acids is 1. The van der Waals surface area contributed by atoms with Gasteiger partial charge in [-0.1, -0.05) is 48.2 Å². The fraction of sp³-hybridized carbons (Fsp3) is 0.0909. The van der Waals surface area contributed by atoms with Crippen LogP contribution in [0.15, 0.2) is 89.2 Å². The van der Waals surface area contributed by atoms with Gasteiger partial charge in [-0.15, -0.1) is 5.10 Å². The number of rotatable bonds is 8. The van der Waals surface area contributed by atoms with Crippen molar-refractivity contribution >= 4 is 34.9 Å². The van der Waals surface area contributed by atoms with Crippen molar-refractivity contribution in [3.05, 3.63) is 90.1 Å². The summed E-state index contributed by atoms with van der Waals surface area (Å²) in [7, 11) is 0. The lowest BCUT2D eigenvalue weighted by Gasteiger charge is -2.07. The van der Waals surface area contributed by atoms with Crippen molar-refractivity contribution in [1.82, 2.24) is 4.98 Å². The topological polar surface area (TPSA) is 102 Å². The van der Waals surface area contributed by atoms with Crippen LogP contribution in [0.5, 0.6) is 5.75 Å². The molecule has 0 saturated heterocycles. The van der Waals surface area contributed by atoms with Crippen LogP contribution in [0.25, 0.3) is 0 Å². The molecule has 0 spiro atoms. The zero-order chi connectivity index (χ0) is 21.0. The minimum atomic E-state index is -0.280. The zero-order valence-electron chi connectivity index (χ0n) is 16.1. The van der Waals surface area contributed by atoms with Gasteiger partial charge in [0.05, 0.1) is 6.21 Å². The number of thioether (sulfide) groups is 1. The number of anilines is 1. The number of amides is 1. The second kappa shape index (κ2) is 11.4. The number of ether oxygens (including phenoxy) is 1. The monoisotopic (exact) mass is 419 g/mol. The molecular weight excluding hydrogens is 398 g/mol. The molecule has 0 aliphatic carbocycles. The van der Waals surface area contributed by atoms with Gasteiger partial charge in [-0.2, -0.15) is 5.10 Å². The number of benzene rings is 2. The van der Waals surface area contributed by atoms with E-state index >= 15 is 0 Å². The molecule has 8 heteroatoms. The summed E-state index contributed by atoms with van der Waals surface area (Å²) in [6.45, 7) is -0.108. The SMILES string of the molecule is NC(=NN=Cc1ccc(OCC(=O)Nc2ccccn2)cc1)SCc1ccccc1. The van der Waals surface area contributed by atoms with Gasteiger partial charge in [0.2, 0.25) is 0 Å². The fourth-order valence-corrected chi connectivity index (χ4v) is 2.94. The number of pyridine rings is 1. The number of hydrogen-bond donors (Lipinski definition) is 2. The quantitative estimate of drug-likeness (QED) is 0.329. The van der Waals surface area contributed by atoms with Crippen molar-refractivity contribution < 1.29 is 9.53 Å². The van der Waals surface area contributed by atoms with E-state index < -0.39 is 0 Å². The molecule has 1 amide bonds. The van der Waals surface area contributed by atoms with E-state index in [-0.39, 0.29) is 12.5 Å². The zero-order valence-corrected chi connectivity index (χ0v) is 17.0. The number of nitrogens with two attached hydrogens (primary N) is 1. The van der Waals surface area contributed by atoms with E-state index in [0.29, 0.717) is 16.7 Å². The van der Waals surface area contributed by atoms with Crippen LogP contribution in [0.4, 0.5) is 5.82 Å². The molecule has 0 unspecified atom stereocenters. The average molecular weight is 420 g/mol. The lowest BCUT2D eigenvalue weighted by Crippen LogP contribution is -2.20. The van der Waals surface area contributed by atoms with Crippen LogP contribution in [-0.2, 0) is 10.5 Å². The van der Waals surface area contributed by atoms with E-state index in [4.69, 9.17) is 10.5 Å². The summed E-state index contributed by atoms with van der Waals surface area (Å²) < 4.78 is 5.48. The molecule has 1 aromatic heterocycles. The molecule has 0 bridgehead atoms. The van der Waals surface area contributed by atoms with Crippen LogP contribution < -0.4 is 15.8 Å². The molecule has 3 aromatic rings. The summed E-state index contributed by atoms with van der Waals surface area (Å²) in [5.41, 5.74) is 7.88. The molecule has 0 saturated carbocycles. The highest BCUT2D eigenvalue weighted by Crippen LogP contribution is 2.13. The third-order valence-electron chi connectivity index (χ3n) is 3.78. The molecule has 2 aromatic carbocycles. The normalized spacial score (nSPS) is 11.4. The van der Waals surface area contributed by atoms with Crippen molar-refractivity contribution in [3.8, 4) is 5.75 Å².